The van der Waals surface area contributed by atoms with Gasteiger partial charge in [0.15, 0.2) is 0 Å². The van der Waals surface area contributed by atoms with Gasteiger partial charge < -0.3 is 5.32 Å². The van der Waals surface area contributed by atoms with Crippen LogP contribution in [-0.4, -0.2) is 44.2 Å². The molecule has 2 aromatic rings. The van der Waals surface area contributed by atoms with Gasteiger partial charge in [0.2, 0.25) is 5.91 Å². The second kappa shape index (κ2) is 11.4. The summed E-state index contributed by atoms with van der Waals surface area (Å²) < 4.78 is 27.3. The Kier molecular flexibility index (Phi) is 8.63. The van der Waals surface area contributed by atoms with E-state index in [-0.39, 0.29) is 16.6 Å². The van der Waals surface area contributed by atoms with Gasteiger partial charge in [-0.25, -0.2) is 8.42 Å². The number of carbonyl (C=O) groups is 1. The average Bonchev–Trinajstić information content (AvgIpc) is 3.09. The highest BCUT2D eigenvalue weighted by Gasteiger charge is 2.31. The van der Waals surface area contributed by atoms with E-state index in [0.717, 1.165) is 38.0 Å². The Morgan fingerprint density at radius 1 is 1.03 bits per heavy atom. The van der Waals surface area contributed by atoms with Crippen molar-refractivity contribution in [2.45, 2.75) is 64.1 Å². The highest BCUT2D eigenvalue weighted by Crippen LogP contribution is 2.23. The SMILES string of the molecule is CCCCC(N=C1NS(=O)(=O)c2ccccc21)C(=O)NCc1ccc(CN(CC)CC)cc1. The van der Waals surface area contributed by atoms with Crippen LogP contribution in [0.4, 0.5) is 0 Å². The lowest BCUT2D eigenvalue weighted by Gasteiger charge is -2.18. The van der Waals surface area contributed by atoms with Crippen molar-refractivity contribution < 1.29 is 13.2 Å². The van der Waals surface area contributed by atoms with Crippen molar-refractivity contribution in [2.75, 3.05) is 13.1 Å². The molecule has 0 bridgehead atoms. The number of aliphatic imine (C=N–C) groups is 1. The van der Waals surface area contributed by atoms with E-state index < -0.39 is 16.1 Å². The minimum atomic E-state index is -3.63. The fourth-order valence-corrected chi connectivity index (χ4v) is 5.05. The summed E-state index contributed by atoms with van der Waals surface area (Å²) in [6.45, 7) is 9.69. The van der Waals surface area contributed by atoms with Crippen LogP contribution in [0.2, 0.25) is 0 Å². The van der Waals surface area contributed by atoms with E-state index >= 15 is 0 Å². The Balaban J connectivity index is 1.69. The van der Waals surface area contributed by atoms with Gasteiger partial charge >= 0.3 is 0 Å². The van der Waals surface area contributed by atoms with E-state index in [4.69, 9.17) is 0 Å². The normalized spacial score (nSPS) is 16.4. The summed E-state index contributed by atoms with van der Waals surface area (Å²) in [5, 5.41) is 2.98. The van der Waals surface area contributed by atoms with Crippen molar-refractivity contribution >= 4 is 21.8 Å². The Labute approximate surface area is 197 Å². The highest BCUT2D eigenvalue weighted by molar-refractivity contribution is 7.90. The summed E-state index contributed by atoms with van der Waals surface area (Å²) >= 11 is 0. The second-order valence-electron chi connectivity index (χ2n) is 8.23. The molecule has 178 valence electrons. The van der Waals surface area contributed by atoms with Crippen molar-refractivity contribution in [3.05, 3.63) is 65.2 Å². The third-order valence-corrected chi connectivity index (χ3v) is 7.27. The van der Waals surface area contributed by atoms with Crippen LogP contribution < -0.4 is 10.0 Å². The standard InChI is InChI=1S/C25H34N4O3S/c1-4-7-11-22(27-24-21-10-8-9-12-23(21)33(31,32)28-24)25(30)26-17-19-13-15-20(16-14-19)18-29(5-2)6-3/h8-10,12-16,22H,4-7,11,17-18H2,1-3H3,(H,26,30)(H,27,28). The van der Waals surface area contributed by atoms with Gasteiger partial charge in [-0.15, -0.1) is 0 Å². The number of amides is 1. The molecule has 1 unspecified atom stereocenters. The molecule has 1 amide bonds. The molecule has 3 rings (SSSR count). The van der Waals surface area contributed by atoms with Gasteiger partial charge in [-0.05, 0) is 42.8 Å². The lowest BCUT2D eigenvalue weighted by Crippen LogP contribution is -2.35. The molecule has 0 aromatic heterocycles. The van der Waals surface area contributed by atoms with Gasteiger partial charge in [0.05, 0.1) is 4.90 Å². The maximum absolute atomic E-state index is 13.0. The molecule has 0 radical (unpaired) electrons. The van der Waals surface area contributed by atoms with Crippen molar-refractivity contribution in [3.63, 3.8) is 0 Å². The summed E-state index contributed by atoms with van der Waals surface area (Å²) in [5.41, 5.74) is 2.77. The molecule has 0 aliphatic carbocycles. The van der Waals surface area contributed by atoms with Gasteiger partial charge in [-0.3, -0.25) is 19.4 Å². The summed E-state index contributed by atoms with van der Waals surface area (Å²) in [5.74, 6) is 0.0364. The molecule has 33 heavy (non-hydrogen) atoms. The van der Waals surface area contributed by atoms with Crippen LogP contribution in [0, 0.1) is 0 Å². The first-order chi connectivity index (χ1) is 15.9. The molecule has 0 spiro atoms. The molecule has 2 N–H and O–H groups in total. The maximum Gasteiger partial charge on any atom is 0.263 e. The molecule has 8 heteroatoms. The van der Waals surface area contributed by atoms with Crippen molar-refractivity contribution in [1.29, 1.82) is 0 Å². The van der Waals surface area contributed by atoms with E-state index in [1.54, 1.807) is 24.3 Å². The molecule has 1 atom stereocenters. The van der Waals surface area contributed by atoms with Crippen molar-refractivity contribution in [3.8, 4) is 0 Å². The number of amidine groups is 1. The number of nitrogens with zero attached hydrogens (tertiary/aromatic N) is 2. The van der Waals surface area contributed by atoms with E-state index in [1.165, 1.54) is 5.56 Å². The first-order valence-electron chi connectivity index (χ1n) is 11.7. The van der Waals surface area contributed by atoms with Gasteiger partial charge in [-0.2, -0.15) is 0 Å². The van der Waals surface area contributed by atoms with Crippen LogP contribution in [0.15, 0.2) is 58.4 Å². The topological polar surface area (TPSA) is 90.9 Å². The Hall–Kier alpha value is -2.71. The molecule has 7 nitrogen and oxygen atoms in total. The third-order valence-electron chi connectivity index (χ3n) is 5.87. The number of fused-ring (bicyclic) bond motifs is 1. The predicted molar refractivity (Wildman–Crippen MR) is 132 cm³/mol. The van der Waals surface area contributed by atoms with Gasteiger partial charge in [-0.1, -0.05) is 70.0 Å². The van der Waals surface area contributed by atoms with E-state index in [2.05, 4.69) is 52.8 Å². The smallest absolute Gasteiger partial charge is 0.263 e. The molecule has 1 heterocycles. The second-order valence-corrected chi connectivity index (χ2v) is 9.88. The van der Waals surface area contributed by atoms with E-state index in [9.17, 15) is 13.2 Å². The Morgan fingerprint density at radius 2 is 1.70 bits per heavy atom. The van der Waals surface area contributed by atoms with Crippen molar-refractivity contribution in [1.82, 2.24) is 14.9 Å². The van der Waals surface area contributed by atoms with Crippen LogP contribution in [0.1, 0.15) is 56.7 Å². The highest BCUT2D eigenvalue weighted by atomic mass is 32.2. The lowest BCUT2D eigenvalue weighted by atomic mass is 10.1. The van der Waals surface area contributed by atoms with Crippen LogP contribution in [0.5, 0.6) is 0 Å². The first kappa shape index (κ1) is 24.9. The number of hydrogen-bond donors (Lipinski definition) is 2. The molecular weight excluding hydrogens is 436 g/mol. The fraction of sp³-hybridized carbons (Fsp3) is 0.440. The number of hydrogen-bond acceptors (Lipinski definition) is 5. The number of rotatable bonds is 11. The van der Waals surface area contributed by atoms with Gasteiger partial charge in [0.25, 0.3) is 10.0 Å². The zero-order valence-corrected chi connectivity index (χ0v) is 20.5. The van der Waals surface area contributed by atoms with Crippen LogP contribution in [0.25, 0.3) is 0 Å². The molecule has 0 fully saturated rings. The first-order valence-corrected chi connectivity index (χ1v) is 13.1. The maximum atomic E-state index is 13.0. The van der Waals surface area contributed by atoms with Crippen LogP contribution in [0.3, 0.4) is 0 Å². The van der Waals surface area contributed by atoms with Crippen LogP contribution in [-0.2, 0) is 27.9 Å². The zero-order valence-electron chi connectivity index (χ0n) is 19.7. The molecule has 1 aliphatic rings. The van der Waals surface area contributed by atoms with E-state index in [1.807, 2.05) is 12.1 Å². The van der Waals surface area contributed by atoms with Crippen LogP contribution >= 0.6 is 0 Å². The quantitative estimate of drug-likeness (QED) is 0.526. The minimum absolute atomic E-state index is 0.197. The Bertz CT molecular complexity index is 1080. The zero-order chi connectivity index (χ0) is 23.8. The number of sulfonamides is 1. The molecular formula is C25H34N4O3S. The summed E-state index contributed by atoms with van der Waals surface area (Å²) in [7, 11) is -3.63. The summed E-state index contributed by atoms with van der Waals surface area (Å²) in [6.07, 6.45) is 2.30. The largest absolute Gasteiger partial charge is 0.350 e. The number of unbranched alkanes of at least 4 members (excludes halogenated alkanes) is 1. The van der Waals surface area contributed by atoms with E-state index in [0.29, 0.717) is 18.5 Å². The number of benzene rings is 2. The molecule has 0 saturated heterocycles. The number of carbonyl (C=O) groups excluding carboxylic acids is 1. The average molecular weight is 471 g/mol. The summed E-state index contributed by atoms with van der Waals surface area (Å²) in [6, 6.07) is 14.3. The van der Waals surface area contributed by atoms with Crippen molar-refractivity contribution in [2.24, 2.45) is 4.99 Å². The van der Waals surface area contributed by atoms with Gasteiger partial charge in [0.1, 0.15) is 11.9 Å². The Morgan fingerprint density at radius 3 is 2.36 bits per heavy atom. The monoisotopic (exact) mass is 470 g/mol. The van der Waals surface area contributed by atoms with Gasteiger partial charge in [0, 0.05) is 18.7 Å². The predicted octanol–water partition coefficient (Wildman–Crippen LogP) is 3.44. The fourth-order valence-electron chi connectivity index (χ4n) is 3.81. The molecule has 2 aromatic carbocycles. The lowest BCUT2D eigenvalue weighted by molar-refractivity contribution is -0.122. The third kappa shape index (κ3) is 6.42. The molecule has 0 saturated carbocycles. The molecule has 1 aliphatic heterocycles. The summed E-state index contributed by atoms with van der Waals surface area (Å²) in [4.78, 5) is 20.1. The minimum Gasteiger partial charge on any atom is -0.350 e. The number of nitrogens with one attached hydrogen (secondary N) is 2.